The van der Waals surface area contributed by atoms with Crippen molar-refractivity contribution < 1.29 is 22.6 Å². The molecule has 0 amide bonds. The Balaban J connectivity index is 2.60. The highest BCUT2D eigenvalue weighted by Gasteiger charge is 2.20. The number of methoxy groups -OCH3 is 3. The summed E-state index contributed by atoms with van der Waals surface area (Å²) in [5, 5.41) is 5.62. The molecule has 1 aromatic carbocycles. The van der Waals surface area contributed by atoms with Crippen molar-refractivity contribution in [1.29, 1.82) is 0 Å². The topological polar surface area (TPSA) is 103 Å². The predicted octanol–water partition coefficient (Wildman–Crippen LogP) is 1.42. The summed E-state index contributed by atoms with van der Waals surface area (Å²) in [4.78, 5) is 3.83. The van der Waals surface area contributed by atoms with Crippen molar-refractivity contribution in [2.75, 3.05) is 21.3 Å². The van der Waals surface area contributed by atoms with Crippen LogP contribution in [0.4, 0.5) is 0 Å². The number of hydrogen-bond donors (Lipinski definition) is 1. The summed E-state index contributed by atoms with van der Waals surface area (Å²) >= 11 is 0. The van der Waals surface area contributed by atoms with E-state index in [4.69, 9.17) is 24.9 Å². The van der Waals surface area contributed by atoms with Gasteiger partial charge in [0.05, 0.1) is 26.9 Å². The van der Waals surface area contributed by atoms with E-state index >= 15 is 0 Å². The molecule has 0 spiro atoms. The molecule has 21 heavy (non-hydrogen) atoms. The van der Waals surface area contributed by atoms with Crippen LogP contribution in [0.3, 0.4) is 0 Å². The molecule has 8 nitrogen and oxygen atoms in total. The van der Waals surface area contributed by atoms with Gasteiger partial charge >= 0.3 is 0 Å². The Labute approximate surface area is 125 Å². The number of aromatic amines is 1. The van der Waals surface area contributed by atoms with Crippen molar-refractivity contribution in [3.05, 3.63) is 12.1 Å². The van der Waals surface area contributed by atoms with Crippen molar-refractivity contribution in [2.24, 2.45) is 0 Å². The van der Waals surface area contributed by atoms with Crippen LogP contribution in [0.15, 0.2) is 17.3 Å². The van der Waals surface area contributed by atoms with Crippen LogP contribution < -0.4 is 14.2 Å². The van der Waals surface area contributed by atoms with E-state index in [0.29, 0.717) is 22.8 Å². The Bertz CT molecular complexity index is 759. The Hall–Kier alpha value is -2.00. The fraction of sp³-hybridized carbons (Fsp3) is 0.273. The van der Waals surface area contributed by atoms with E-state index in [1.807, 2.05) is 0 Å². The molecule has 0 fully saturated rings. The highest BCUT2D eigenvalue weighted by molar-refractivity contribution is 8.13. The third-order valence-corrected chi connectivity index (χ3v) is 3.73. The van der Waals surface area contributed by atoms with Crippen LogP contribution in [0, 0.1) is 0 Å². The quantitative estimate of drug-likeness (QED) is 0.825. The first-order valence-electron chi connectivity index (χ1n) is 5.58. The van der Waals surface area contributed by atoms with Crippen molar-refractivity contribution in [3.63, 3.8) is 0 Å². The molecule has 0 unspecified atom stereocenters. The van der Waals surface area contributed by atoms with Gasteiger partial charge in [0.25, 0.3) is 14.2 Å². The van der Waals surface area contributed by atoms with Gasteiger partial charge in [-0.05, 0) is 6.07 Å². The zero-order chi connectivity index (χ0) is 15.6. The van der Waals surface area contributed by atoms with E-state index in [2.05, 4.69) is 15.2 Å². The van der Waals surface area contributed by atoms with Crippen LogP contribution in [0.2, 0.25) is 0 Å². The lowest BCUT2D eigenvalue weighted by molar-refractivity contribution is 0.349. The third kappa shape index (κ3) is 3.03. The first-order valence-corrected chi connectivity index (χ1v) is 7.89. The fourth-order valence-corrected chi connectivity index (χ4v) is 2.24. The average molecular weight is 334 g/mol. The number of hydrogen-bond acceptors (Lipinski definition) is 7. The van der Waals surface area contributed by atoms with Gasteiger partial charge in [0.1, 0.15) is 5.75 Å². The summed E-state index contributed by atoms with van der Waals surface area (Å²) in [7, 11) is 5.63. The van der Waals surface area contributed by atoms with Crippen LogP contribution in [-0.2, 0) is 9.05 Å². The lowest BCUT2D eigenvalue weighted by Crippen LogP contribution is -1.96. The Morgan fingerprint density at radius 3 is 2.10 bits per heavy atom. The summed E-state index contributed by atoms with van der Waals surface area (Å²) in [6.07, 6.45) is 0. The minimum atomic E-state index is -3.99. The fourth-order valence-electron chi connectivity index (χ4n) is 1.68. The third-order valence-electron chi connectivity index (χ3n) is 2.64. The molecule has 0 radical (unpaired) electrons. The van der Waals surface area contributed by atoms with Gasteiger partial charge in [0.15, 0.2) is 17.3 Å². The lowest BCUT2D eigenvalue weighted by Gasteiger charge is -2.12. The molecule has 0 aliphatic heterocycles. The lowest BCUT2D eigenvalue weighted by atomic mass is 10.1. The molecule has 0 saturated heterocycles. The smallest absolute Gasteiger partial charge is 0.296 e. The maximum Gasteiger partial charge on any atom is 0.296 e. The zero-order valence-electron chi connectivity index (χ0n) is 11.4. The Morgan fingerprint density at radius 2 is 1.62 bits per heavy atom. The minimum absolute atomic E-state index is 0.104. The van der Waals surface area contributed by atoms with Gasteiger partial charge in [-0.15, -0.1) is 0 Å². The molecular formula is C11H12ClN3O5S. The van der Waals surface area contributed by atoms with Crippen molar-refractivity contribution in [1.82, 2.24) is 15.2 Å². The number of ether oxygens (including phenoxy) is 3. The first-order chi connectivity index (χ1) is 9.90. The molecule has 1 heterocycles. The number of benzene rings is 1. The molecular weight excluding hydrogens is 322 g/mol. The predicted molar refractivity (Wildman–Crippen MR) is 74.5 cm³/mol. The summed E-state index contributed by atoms with van der Waals surface area (Å²) in [5.74, 6) is 1.38. The van der Waals surface area contributed by atoms with Crippen LogP contribution >= 0.6 is 10.7 Å². The number of rotatable bonds is 5. The van der Waals surface area contributed by atoms with Crippen LogP contribution in [-0.4, -0.2) is 44.9 Å². The molecule has 0 atom stereocenters. The number of aromatic nitrogens is 3. The van der Waals surface area contributed by atoms with Crippen molar-refractivity contribution in [3.8, 4) is 28.6 Å². The molecule has 0 aliphatic carbocycles. The van der Waals surface area contributed by atoms with Gasteiger partial charge < -0.3 is 14.2 Å². The molecule has 1 aromatic heterocycles. The van der Waals surface area contributed by atoms with Gasteiger partial charge in [-0.25, -0.2) is 13.5 Å². The van der Waals surface area contributed by atoms with E-state index in [9.17, 15) is 8.42 Å². The van der Waals surface area contributed by atoms with Gasteiger partial charge in [-0.1, -0.05) is 0 Å². The second-order valence-electron chi connectivity index (χ2n) is 3.81. The van der Waals surface area contributed by atoms with Crippen molar-refractivity contribution in [2.45, 2.75) is 5.16 Å². The van der Waals surface area contributed by atoms with Gasteiger partial charge in [-0.2, -0.15) is 10.1 Å². The number of halogens is 1. The van der Waals surface area contributed by atoms with E-state index in [1.165, 1.54) is 21.3 Å². The molecule has 0 bridgehead atoms. The summed E-state index contributed by atoms with van der Waals surface area (Å²) in [5.41, 5.74) is 0.429. The molecule has 2 rings (SSSR count). The van der Waals surface area contributed by atoms with E-state index in [1.54, 1.807) is 12.1 Å². The number of nitrogens with one attached hydrogen (secondary N) is 1. The van der Waals surface area contributed by atoms with Crippen LogP contribution in [0.5, 0.6) is 17.2 Å². The first kappa shape index (κ1) is 15.4. The molecule has 1 N–H and O–H groups in total. The molecule has 0 saturated carbocycles. The number of nitrogens with zero attached hydrogens (tertiary/aromatic N) is 2. The maximum atomic E-state index is 11.2. The number of H-pyrrole nitrogens is 1. The average Bonchev–Trinajstić information content (AvgIpc) is 2.95. The van der Waals surface area contributed by atoms with E-state index in [0.717, 1.165) is 0 Å². The molecule has 114 valence electrons. The normalized spacial score (nSPS) is 11.2. The maximum absolute atomic E-state index is 11.2. The second kappa shape index (κ2) is 5.78. The second-order valence-corrected chi connectivity index (χ2v) is 6.29. The summed E-state index contributed by atoms with van der Waals surface area (Å²) < 4.78 is 38.0. The molecule has 0 aliphatic rings. The molecule has 2 aromatic rings. The van der Waals surface area contributed by atoms with Gasteiger partial charge in [0.2, 0.25) is 0 Å². The SMILES string of the molecule is COc1cc(OC)c(-c2n[nH]c(S(=O)(=O)Cl)n2)cc1OC. The largest absolute Gasteiger partial charge is 0.496 e. The van der Waals surface area contributed by atoms with Gasteiger partial charge in [-0.3, -0.25) is 0 Å². The van der Waals surface area contributed by atoms with Gasteiger partial charge in [0, 0.05) is 16.7 Å². The highest BCUT2D eigenvalue weighted by atomic mass is 35.7. The van der Waals surface area contributed by atoms with Crippen LogP contribution in [0.25, 0.3) is 11.4 Å². The Kier molecular flexibility index (Phi) is 4.24. The Morgan fingerprint density at radius 1 is 1.05 bits per heavy atom. The standard InChI is InChI=1S/C11H12ClN3O5S/c1-18-7-5-9(20-3)8(19-2)4-6(7)10-13-11(15-14-10)21(12,16)17/h4-5H,1-3H3,(H,13,14,15). The van der Waals surface area contributed by atoms with E-state index < -0.39 is 14.2 Å². The van der Waals surface area contributed by atoms with Crippen molar-refractivity contribution >= 4 is 19.7 Å². The van der Waals surface area contributed by atoms with E-state index in [-0.39, 0.29) is 5.82 Å². The minimum Gasteiger partial charge on any atom is -0.496 e. The highest BCUT2D eigenvalue weighted by Crippen LogP contribution is 2.38. The zero-order valence-corrected chi connectivity index (χ0v) is 12.9. The monoisotopic (exact) mass is 333 g/mol. The summed E-state index contributed by atoms with van der Waals surface area (Å²) in [6, 6.07) is 3.16. The molecule has 10 heteroatoms. The van der Waals surface area contributed by atoms with Crippen LogP contribution in [0.1, 0.15) is 0 Å². The summed E-state index contributed by atoms with van der Waals surface area (Å²) in [6.45, 7) is 0.